The van der Waals surface area contributed by atoms with E-state index < -0.39 is 86.8 Å². The van der Waals surface area contributed by atoms with Gasteiger partial charge < -0.3 is 65.1 Å². The van der Waals surface area contributed by atoms with Crippen LogP contribution in [0.15, 0.2) is 85.1 Å². The average molecular weight is 1280 g/mol. The molecule has 91 heavy (non-hydrogen) atoms. The average Bonchev–Trinajstić information content (AvgIpc) is 1.07. The number of hydrogen-bond acceptors (Lipinski definition) is 13. The summed E-state index contributed by atoms with van der Waals surface area (Å²) in [5.74, 6) is -0.248. The largest absolute Gasteiger partial charge is 0.394 e. The summed E-state index contributed by atoms with van der Waals surface area (Å²) in [6.45, 7) is 2.71. The predicted molar refractivity (Wildman–Crippen MR) is 373 cm³/mol. The summed E-state index contributed by atoms with van der Waals surface area (Å²) in [6, 6.07) is -0.927. The van der Waals surface area contributed by atoms with Crippen LogP contribution in [0.3, 0.4) is 0 Å². The Morgan fingerprint density at radius 1 is 0.407 bits per heavy atom. The minimum Gasteiger partial charge on any atom is -0.394 e. The van der Waals surface area contributed by atoms with Crippen LogP contribution in [-0.4, -0.2) is 140 Å². The summed E-state index contributed by atoms with van der Waals surface area (Å²) in [5, 5.41) is 87.6. The van der Waals surface area contributed by atoms with Gasteiger partial charge in [-0.25, -0.2) is 0 Å². The Morgan fingerprint density at radius 2 is 0.758 bits per heavy atom. The molecule has 0 aromatic carbocycles. The van der Waals surface area contributed by atoms with Crippen molar-refractivity contribution in [2.24, 2.45) is 0 Å². The van der Waals surface area contributed by atoms with Crippen LogP contribution < -0.4 is 5.32 Å². The van der Waals surface area contributed by atoms with Gasteiger partial charge in [-0.3, -0.25) is 4.79 Å². The molecule has 2 aliphatic heterocycles. The van der Waals surface area contributed by atoms with Gasteiger partial charge >= 0.3 is 0 Å². The number of aliphatic hydroxyl groups is 8. The molecule has 0 radical (unpaired) electrons. The molecular weight excluding hydrogens is 1150 g/mol. The van der Waals surface area contributed by atoms with Crippen LogP contribution >= 0.6 is 0 Å². The highest BCUT2D eigenvalue weighted by molar-refractivity contribution is 5.76. The third-order valence-electron chi connectivity index (χ3n) is 17.8. The van der Waals surface area contributed by atoms with Crippen LogP contribution in [0.4, 0.5) is 0 Å². The number of rotatable bonds is 61. The second kappa shape index (κ2) is 60.8. The molecular formula is C77H137NO13. The maximum atomic E-state index is 13.4. The topological polar surface area (TPSA) is 228 Å². The summed E-state index contributed by atoms with van der Waals surface area (Å²) >= 11 is 0. The fraction of sp³-hybridized carbons (Fsp3) is 0.805. The van der Waals surface area contributed by atoms with Gasteiger partial charge in [-0.2, -0.15) is 0 Å². The zero-order valence-electron chi connectivity index (χ0n) is 57.6. The van der Waals surface area contributed by atoms with E-state index in [9.17, 15) is 45.6 Å². The van der Waals surface area contributed by atoms with Crippen molar-refractivity contribution in [3.05, 3.63) is 85.1 Å². The lowest BCUT2D eigenvalue weighted by atomic mass is 9.97. The number of aliphatic hydroxyl groups excluding tert-OH is 8. The van der Waals surface area contributed by atoms with Crippen LogP contribution in [0.2, 0.25) is 0 Å². The molecule has 528 valence electrons. The number of carbonyl (C=O) groups excluding carboxylic acids is 1. The Hall–Kier alpha value is -2.83. The van der Waals surface area contributed by atoms with Crippen molar-refractivity contribution in [1.29, 1.82) is 0 Å². The lowest BCUT2D eigenvalue weighted by Crippen LogP contribution is -2.65. The number of carbonyl (C=O) groups is 1. The van der Waals surface area contributed by atoms with Crippen LogP contribution in [0, 0.1) is 0 Å². The molecule has 0 bridgehead atoms. The van der Waals surface area contributed by atoms with Gasteiger partial charge in [0.1, 0.15) is 48.8 Å². The summed E-state index contributed by atoms with van der Waals surface area (Å²) in [7, 11) is 0. The summed E-state index contributed by atoms with van der Waals surface area (Å²) in [6.07, 6.45) is 67.8. The molecule has 1 amide bonds. The highest BCUT2D eigenvalue weighted by Gasteiger charge is 2.51. The minimum absolute atomic E-state index is 0.248. The molecule has 0 aromatic heterocycles. The number of unbranched alkanes of at least 4 members (excludes halogenated alkanes) is 36. The maximum absolute atomic E-state index is 13.4. The molecule has 2 fully saturated rings. The van der Waals surface area contributed by atoms with Crippen molar-refractivity contribution >= 4 is 5.91 Å². The Kier molecular flexibility index (Phi) is 56.3. The molecule has 9 N–H and O–H groups in total. The van der Waals surface area contributed by atoms with Gasteiger partial charge in [0.2, 0.25) is 5.91 Å². The SMILES string of the molecule is CC/C=C\C/C=C\C/C=C\C/C=C\C/C=C\C/C=C\CCCCCCCCCCC(=O)NC(COC1OC(CO)C(OC2OC(CO)C(O)C(O)C2O)C(O)C1O)C(O)/C=C/CCCCCCCCCCCCCCCCCCCCCCCCCCCCCC. The number of allylic oxidation sites excluding steroid dienone is 13. The van der Waals surface area contributed by atoms with Gasteiger partial charge in [0.25, 0.3) is 0 Å². The molecule has 0 aromatic rings. The van der Waals surface area contributed by atoms with E-state index in [0.29, 0.717) is 6.42 Å². The van der Waals surface area contributed by atoms with Gasteiger partial charge in [-0.05, 0) is 70.6 Å². The first-order valence-electron chi connectivity index (χ1n) is 37.3. The van der Waals surface area contributed by atoms with E-state index in [1.807, 2.05) is 6.08 Å². The van der Waals surface area contributed by atoms with E-state index in [0.717, 1.165) is 89.9 Å². The summed E-state index contributed by atoms with van der Waals surface area (Å²) in [5.41, 5.74) is 0. The predicted octanol–water partition coefficient (Wildman–Crippen LogP) is 16.0. The molecule has 12 unspecified atom stereocenters. The second-order valence-electron chi connectivity index (χ2n) is 26.0. The Balaban J connectivity index is 1.67. The van der Waals surface area contributed by atoms with Crippen molar-refractivity contribution in [2.75, 3.05) is 19.8 Å². The van der Waals surface area contributed by atoms with Crippen LogP contribution in [0.1, 0.15) is 303 Å². The Labute approximate surface area is 554 Å². The molecule has 2 rings (SSSR count). The Morgan fingerprint density at radius 3 is 1.16 bits per heavy atom. The van der Waals surface area contributed by atoms with E-state index >= 15 is 0 Å². The van der Waals surface area contributed by atoms with Gasteiger partial charge in [0, 0.05) is 6.42 Å². The fourth-order valence-corrected chi connectivity index (χ4v) is 11.9. The molecule has 0 saturated carbocycles. The minimum atomic E-state index is -1.79. The molecule has 2 aliphatic rings. The molecule has 12 atom stereocenters. The highest BCUT2D eigenvalue weighted by atomic mass is 16.7. The third kappa shape index (κ3) is 44.5. The first-order chi connectivity index (χ1) is 44.6. The van der Waals surface area contributed by atoms with Gasteiger partial charge in [0.05, 0.1) is 32.0 Å². The smallest absolute Gasteiger partial charge is 0.220 e. The zero-order chi connectivity index (χ0) is 65.9. The molecule has 2 saturated heterocycles. The van der Waals surface area contributed by atoms with Crippen molar-refractivity contribution < 1.29 is 64.6 Å². The zero-order valence-corrected chi connectivity index (χ0v) is 57.6. The quantitative estimate of drug-likeness (QED) is 0.0204. The second-order valence-corrected chi connectivity index (χ2v) is 26.0. The van der Waals surface area contributed by atoms with Gasteiger partial charge in [-0.1, -0.05) is 311 Å². The molecule has 0 aliphatic carbocycles. The van der Waals surface area contributed by atoms with E-state index in [-0.39, 0.29) is 18.9 Å². The maximum Gasteiger partial charge on any atom is 0.220 e. The van der Waals surface area contributed by atoms with Crippen LogP contribution in [-0.2, 0) is 23.7 Å². The monoisotopic (exact) mass is 1280 g/mol. The van der Waals surface area contributed by atoms with Gasteiger partial charge in [-0.15, -0.1) is 0 Å². The van der Waals surface area contributed by atoms with E-state index in [1.165, 1.54) is 186 Å². The Bertz CT molecular complexity index is 1850. The van der Waals surface area contributed by atoms with Gasteiger partial charge in [0.15, 0.2) is 12.6 Å². The van der Waals surface area contributed by atoms with Crippen molar-refractivity contribution in [2.45, 2.75) is 376 Å². The number of amides is 1. The number of hydrogen-bond donors (Lipinski definition) is 9. The first kappa shape index (κ1) is 84.3. The van der Waals surface area contributed by atoms with E-state index in [1.54, 1.807) is 6.08 Å². The molecule has 2 heterocycles. The normalized spacial score (nSPS) is 23.3. The number of nitrogens with one attached hydrogen (secondary N) is 1. The highest BCUT2D eigenvalue weighted by Crippen LogP contribution is 2.30. The van der Waals surface area contributed by atoms with Crippen molar-refractivity contribution in [3.63, 3.8) is 0 Å². The van der Waals surface area contributed by atoms with Crippen LogP contribution in [0.25, 0.3) is 0 Å². The standard InChI is InChI=1S/C77H137NO13/c1-3-5-7-9-11-13-15-17-19-21-23-25-27-29-31-32-33-35-36-38-40-42-44-46-48-50-52-54-56-58-60-66(81)65(64-88-76-74(87)72(85)75(68(63-80)90-76)91-77-73(86)71(84)70(83)67(62-79)89-77)78-69(82)61-59-57-55-53-51-49-47-45-43-41-39-37-34-30-28-26-24-22-20-18-16-14-12-10-8-6-4-2/h6,8,12,14,18,20,24,26,30,34,39,41,58,60,65-68,70-77,79-81,83-87H,3-5,7,9-11,13,15-17,19,21-23,25,27-29,31-33,35-38,40,42-57,59,61-64H2,1-2H3,(H,78,82)/b8-6-,14-12-,20-18-,26-24-,34-30-,41-39-,60-58+. The van der Waals surface area contributed by atoms with Crippen LogP contribution in [0.5, 0.6) is 0 Å². The molecule has 14 heteroatoms. The lowest BCUT2D eigenvalue weighted by molar-refractivity contribution is -0.359. The fourth-order valence-electron chi connectivity index (χ4n) is 11.9. The first-order valence-corrected chi connectivity index (χ1v) is 37.3. The van der Waals surface area contributed by atoms with E-state index in [4.69, 9.17) is 18.9 Å². The lowest BCUT2D eigenvalue weighted by Gasteiger charge is -2.46. The molecule has 14 nitrogen and oxygen atoms in total. The van der Waals surface area contributed by atoms with E-state index in [2.05, 4.69) is 92.1 Å². The van der Waals surface area contributed by atoms with Crippen molar-refractivity contribution in [3.8, 4) is 0 Å². The third-order valence-corrected chi connectivity index (χ3v) is 17.8. The summed E-state index contributed by atoms with van der Waals surface area (Å²) in [4.78, 5) is 13.4. The summed E-state index contributed by atoms with van der Waals surface area (Å²) < 4.78 is 22.9. The molecule has 0 spiro atoms. The van der Waals surface area contributed by atoms with Crippen molar-refractivity contribution in [1.82, 2.24) is 5.32 Å². The number of ether oxygens (including phenoxy) is 4.